The van der Waals surface area contributed by atoms with Gasteiger partial charge in [0.2, 0.25) is 5.91 Å². The lowest BCUT2D eigenvalue weighted by Crippen LogP contribution is -2.71. The Morgan fingerprint density at radius 1 is 1.22 bits per heavy atom. The van der Waals surface area contributed by atoms with Crippen molar-refractivity contribution in [3.63, 3.8) is 0 Å². The number of β-lactam (4-membered cyclic amide) rings is 1. The number of ether oxygens (including phenoxy) is 1. The molecule has 3 aliphatic rings. The number of carboxylic acids is 1. The number of amides is 6. The quantitative estimate of drug-likeness (QED) is 0.281. The smallest absolute Gasteiger partial charge is 0.352 e. The SMILES string of the molecule is CC(=O)OCC1=C(C(=O)O)N2C(=O)C(NC(=O)[C@H](NC(=O)N3CCNC3=O)c3ccccc3)[C@H]2SC1. The van der Waals surface area contributed by atoms with Crippen molar-refractivity contribution < 1.29 is 38.6 Å². The highest BCUT2D eigenvalue weighted by Crippen LogP contribution is 2.40. The van der Waals surface area contributed by atoms with Crippen molar-refractivity contribution in [2.45, 2.75) is 24.4 Å². The summed E-state index contributed by atoms with van der Waals surface area (Å²) in [4.78, 5) is 75.7. The molecule has 3 atom stereocenters. The standard InChI is InChI=1S/C22H23N5O8S/c1-11(28)35-9-13-10-36-19-15(18(30)27(19)16(13)20(31)32)24-17(29)14(12-5-3-2-4-6-12)25-22(34)26-8-7-23-21(26)33/h2-6,14-15,19H,7-10H2,1H3,(H,23,33)(H,24,29)(H,25,34)(H,31,32)/t14-,15?,19-/m1/s1. The van der Waals surface area contributed by atoms with E-state index in [2.05, 4.69) is 16.0 Å². The van der Waals surface area contributed by atoms with Gasteiger partial charge in [-0.05, 0) is 5.56 Å². The van der Waals surface area contributed by atoms with Gasteiger partial charge >= 0.3 is 24.0 Å². The number of fused-ring (bicyclic) bond motifs is 1. The first-order chi connectivity index (χ1) is 17.2. The van der Waals surface area contributed by atoms with Gasteiger partial charge in [-0.1, -0.05) is 30.3 Å². The van der Waals surface area contributed by atoms with Crippen LogP contribution < -0.4 is 16.0 Å². The number of esters is 1. The normalized spacial score (nSPS) is 21.7. The first-order valence-electron chi connectivity index (χ1n) is 10.9. The van der Waals surface area contributed by atoms with E-state index in [4.69, 9.17) is 4.74 Å². The maximum atomic E-state index is 13.2. The molecule has 0 aromatic heterocycles. The van der Waals surface area contributed by atoms with Gasteiger partial charge in [0, 0.05) is 31.3 Å². The molecule has 0 bridgehead atoms. The molecule has 0 aliphatic carbocycles. The summed E-state index contributed by atoms with van der Waals surface area (Å²) in [5.74, 6) is -3.09. The molecule has 1 unspecified atom stereocenters. The third-order valence-electron chi connectivity index (χ3n) is 5.76. The molecule has 36 heavy (non-hydrogen) atoms. The van der Waals surface area contributed by atoms with Crippen LogP contribution in [-0.4, -0.2) is 87.6 Å². The lowest BCUT2D eigenvalue weighted by atomic mass is 10.0. The molecule has 14 heteroatoms. The molecule has 190 valence electrons. The second kappa shape index (κ2) is 10.3. The first-order valence-corrected chi connectivity index (χ1v) is 12.0. The van der Waals surface area contributed by atoms with Gasteiger partial charge in [0.15, 0.2) is 0 Å². The Bertz CT molecular complexity index is 1160. The summed E-state index contributed by atoms with van der Waals surface area (Å²) in [6.45, 7) is 1.36. The van der Waals surface area contributed by atoms with Crippen molar-refractivity contribution in [1.82, 2.24) is 25.8 Å². The monoisotopic (exact) mass is 517 g/mol. The van der Waals surface area contributed by atoms with Gasteiger partial charge in [-0.25, -0.2) is 19.3 Å². The fraction of sp³-hybridized carbons (Fsp3) is 0.364. The molecule has 2 saturated heterocycles. The molecule has 0 spiro atoms. The fourth-order valence-corrected chi connectivity index (χ4v) is 5.36. The number of carbonyl (C=O) groups is 6. The Morgan fingerprint density at radius 2 is 1.94 bits per heavy atom. The van der Waals surface area contributed by atoms with E-state index in [0.717, 1.165) is 9.80 Å². The van der Waals surface area contributed by atoms with E-state index in [9.17, 15) is 33.9 Å². The van der Waals surface area contributed by atoms with Crippen LogP contribution in [0.15, 0.2) is 41.6 Å². The predicted molar refractivity (Wildman–Crippen MR) is 124 cm³/mol. The number of carbonyl (C=O) groups excluding carboxylic acids is 5. The van der Waals surface area contributed by atoms with Crippen molar-refractivity contribution in [3.05, 3.63) is 47.2 Å². The number of urea groups is 2. The molecular formula is C22H23N5O8S. The Labute approximate surface area is 209 Å². The number of benzene rings is 1. The average Bonchev–Trinajstić information content (AvgIpc) is 3.29. The van der Waals surface area contributed by atoms with Crippen molar-refractivity contribution in [2.24, 2.45) is 0 Å². The summed E-state index contributed by atoms with van der Waals surface area (Å²) in [6, 6.07) is 4.71. The number of aliphatic carboxylic acids is 1. The van der Waals surface area contributed by atoms with Crippen LogP contribution in [0.25, 0.3) is 0 Å². The van der Waals surface area contributed by atoms with Crippen LogP contribution in [-0.2, 0) is 23.9 Å². The van der Waals surface area contributed by atoms with Gasteiger partial charge in [0.25, 0.3) is 5.91 Å². The zero-order valence-corrected chi connectivity index (χ0v) is 19.9. The maximum Gasteiger partial charge on any atom is 0.352 e. The van der Waals surface area contributed by atoms with Crippen LogP contribution in [0.4, 0.5) is 9.59 Å². The minimum Gasteiger partial charge on any atom is -0.477 e. The highest BCUT2D eigenvalue weighted by molar-refractivity contribution is 8.00. The second-order valence-corrected chi connectivity index (χ2v) is 9.22. The number of imide groups is 1. The molecule has 13 nitrogen and oxygen atoms in total. The van der Waals surface area contributed by atoms with E-state index >= 15 is 0 Å². The largest absolute Gasteiger partial charge is 0.477 e. The summed E-state index contributed by atoms with van der Waals surface area (Å²) in [5, 5.41) is 16.6. The number of hydrogen-bond donors (Lipinski definition) is 4. The predicted octanol–water partition coefficient (Wildman–Crippen LogP) is -0.236. The van der Waals surface area contributed by atoms with Crippen molar-refractivity contribution in [2.75, 3.05) is 25.4 Å². The zero-order valence-electron chi connectivity index (χ0n) is 19.1. The van der Waals surface area contributed by atoms with E-state index in [0.29, 0.717) is 12.1 Å². The summed E-state index contributed by atoms with van der Waals surface area (Å²) in [7, 11) is 0. The maximum absolute atomic E-state index is 13.2. The summed E-state index contributed by atoms with van der Waals surface area (Å²) in [6.07, 6.45) is 0. The lowest BCUT2D eigenvalue weighted by Gasteiger charge is -2.49. The van der Waals surface area contributed by atoms with E-state index in [-0.39, 0.29) is 30.2 Å². The Morgan fingerprint density at radius 3 is 2.56 bits per heavy atom. The fourth-order valence-electron chi connectivity index (χ4n) is 4.03. The molecule has 4 N–H and O–H groups in total. The number of thioether (sulfide) groups is 1. The highest BCUT2D eigenvalue weighted by Gasteiger charge is 2.54. The van der Waals surface area contributed by atoms with Crippen LogP contribution in [0.5, 0.6) is 0 Å². The van der Waals surface area contributed by atoms with E-state index in [1.807, 2.05) is 0 Å². The molecule has 1 aromatic carbocycles. The summed E-state index contributed by atoms with van der Waals surface area (Å²) >= 11 is 1.22. The zero-order chi connectivity index (χ0) is 26.0. The number of rotatable bonds is 7. The van der Waals surface area contributed by atoms with Crippen molar-refractivity contribution >= 4 is 47.6 Å². The van der Waals surface area contributed by atoms with Crippen molar-refractivity contribution in [1.29, 1.82) is 0 Å². The average molecular weight is 518 g/mol. The molecule has 0 radical (unpaired) electrons. The number of nitrogens with zero attached hydrogens (tertiary/aromatic N) is 2. The lowest BCUT2D eigenvalue weighted by molar-refractivity contribution is -0.151. The van der Waals surface area contributed by atoms with Gasteiger partial charge in [0.1, 0.15) is 29.8 Å². The van der Waals surface area contributed by atoms with Crippen LogP contribution in [0.3, 0.4) is 0 Å². The van der Waals surface area contributed by atoms with Crippen molar-refractivity contribution in [3.8, 4) is 0 Å². The van der Waals surface area contributed by atoms with Gasteiger partial charge in [-0.2, -0.15) is 0 Å². The van der Waals surface area contributed by atoms with E-state index in [1.165, 1.54) is 18.7 Å². The van der Waals surface area contributed by atoms with Gasteiger partial charge < -0.3 is 25.8 Å². The summed E-state index contributed by atoms with van der Waals surface area (Å²) < 4.78 is 4.91. The van der Waals surface area contributed by atoms with E-state index < -0.39 is 53.3 Å². The molecule has 3 heterocycles. The number of hydrogen-bond acceptors (Lipinski definition) is 8. The van der Waals surface area contributed by atoms with E-state index in [1.54, 1.807) is 30.3 Å². The molecule has 3 aliphatic heterocycles. The second-order valence-electron chi connectivity index (χ2n) is 8.11. The minimum absolute atomic E-state index is 0.141. The molecular weight excluding hydrogens is 494 g/mol. The van der Waals surface area contributed by atoms with Crippen LogP contribution >= 0.6 is 11.8 Å². The van der Waals surface area contributed by atoms with Gasteiger partial charge in [0.05, 0.1) is 0 Å². The number of nitrogens with one attached hydrogen (secondary N) is 3. The third-order valence-corrected chi connectivity index (χ3v) is 7.10. The molecule has 6 amide bonds. The topological polar surface area (TPSA) is 174 Å². The third kappa shape index (κ3) is 4.84. The highest BCUT2D eigenvalue weighted by atomic mass is 32.2. The molecule has 4 rings (SSSR count). The Balaban J connectivity index is 1.50. The Hall–Kier alpha value is -4.07. The Kier molecular flexibility index (Phi) is 7.15. The van der Waals surface area contributed by atoms with Crippen LogP contribution in [0, 0.1) is 0 Å². The van der Waals surface area contributed by atoms with Gasteiger partial charge in [-0.15, -0.1) is 11.8 Å². The molecule has 2 fully saturated rings. The molecule has 0 saturated carbocycles. The van der Waals surface area contributed by atoms with Gasteiger partial charge in [-0.3, -0.25) is 19.3 Å². The van der Waals surface area contributed by atoms with Crippen LogP contribution in [0.1, 0.15) is 18.5 Å². The molecule has 1 aromatic rings. The summed E-state index contributed by atoms with van der Waals surface area (Å²) in [5.41, 5.74) is 0.427. The first kappa shape index (κ1) is 25.0. The minimum atomic E-state index is -1.35. The van der Waals surface area contributed by atoms with Crippen LogP contribution in [0.2, 0.25) is 0 Å². The number of carboxylic acid groups (broad SMARTS) is 1.